The second kappa shape index (κ2) is 10.3. The highest BCUT2D eigenvalue weighted by atomic mass is 16.7. The molecule has 3 aromatic rings. The molecule has 180 valence electrons. The highest BCUT2D eigenvalue weighted by Crippen LogP contribution is 2.40. The average Bonchev–Trinajstić information content (AvgIpc) is 2.86. The molecule has 0 amide bonds. The lowest BCUT2D eigenvalue weighted by Gasteiger charge is -2.42. The number of aliphatic hydroxyl groups excluding tert-OH is 3. The highest BCUT2D eigenvalue weighted by molar-refractivity contribution is 5.46. The van der Waals surface area contributed by atoms with Crippen LogP contribution in [0.25, 0.3) is 0 Å². The van der Waals surface area contributed by atoms with Crippen LogP contribution in [0.2, 0.25) is 0 Å². The molecule has 0 unspecified atom stereocenters. The smallest absolute Gasteiger partial charge is 0.186 e. The first kappa shape index (κ1) is 24.5. The molecule has 0 bridgehead atoms. The van der Waals surface area contributed by atoms with E-state index < -0.39 is 36.3 Å². The van der Waals surface area contributed by atoms with Gasteiger partial charge in [-0.15, -0.1) is 0 Å². The van der Waals surface area contributed by atoms with Gasteiger partial charge in [0.05, 0.1) is 12.3 Å². The van der Waals surface area contributed by atoms with Crippen molar-refractivity contribution < 1.29 is 29.5 Å². The molecule has 1 fully saturated rings. The van der Waals surface area contributed by atoms with Gasteiger partial charge in [-0.05, 0) is 37.1 Å². The third-order valence-electron chi connectivity index (χ3n) is 6.31. The first-order valence-electron chi connectivity index (χ1n) is 11.3. The SMILES string of the molecule is CO[C@H]1O[C@H](COC(c2ccc(C)cc2)(c2ccc(C)cc2)c2ccccn2)[C@@H](O)[C@H](O)[C@H]1O. The van der Waals surface area contributed by atoms with Crippen molar-refractivity contribution in [3.8, 4) is 0 Å². The van der Waals surface area contributed by atoms with Crippen molar-refractivity contribution in [2.24, 2.45) is 0 Å². The van der Waals surface area contributed by atoms with Gasteiger partial charge < -0.3 is 29.5 Å². The minimum Gasteiger partial charge on any atom is -0.387 e. The number of aryl methyl sites for hydroxylation is 2. The summed E-state index contributed by atoms with van der Waals surface area (Å²) in [6.07, 6.45) is -4.49. The third kappa shape index (κ3) is 4.63. The van der Waals surface area contributed by atoms with Gasteiger partial charge in [-0.25, -0.2) is 0 Å². The number of hydrogen-bond donors (Lipinski definition) is 3. The van der Waals surface area contributed by atoms with Crippen LogP contribution in [0.3, 0.4) is 0 Å². The Morgan fingerprint density at radius 3 is 1.91 bits per heavy atom. The zero-order chi connectivity index (χ0) is 24.3. The largest absolute Gasteiger partial charge is 0.387 e. The average molecular weight is 466 g/mol. The van der Waals surface area contributed by atoms with Crippen LogP contribution in [0.4, 0.5) is 0 Å². The molecule has 1 aliphatic rings. The fourth-order valence-corrected chi connectivity index (χ4v) is 4.31. The van der Waals surface area contributed by atoms with E-state index in [1.807, 2.05) is 80.6 Å². The van der Waals surface area contributed by atoms with E-state index in [1.54, 1.807) is 6.20 Å². The maximum Gasteiger partial charge on any atom is 0.186 e. The maximum absolute atomic E-state index is 10.6. The molecule has 1 aliphatic heterocycles. The van der Waals surface area contributed by atoms with Crippen LogP contribution in [0.1, 0.15) is 27.9 Å². The topological polar surface area (TPSA) is 101 Å². The molecule has 0 spiro atoms. The Morgan fingerprint density at radius 2 is 1.41 bits per heavy atom. The minimum atomic E-state index is -1.43. The standard InChI is InChI=1S/C27H31NO6/c1-17-7-11-19(12-8-17)27(22-6-4-5-15-28-22,20-13-9-18(2)10-14-20)33-16-21-23(29)24(30)25(31)26(32-3)34-21/h4-15,21,23-26,29-31H,16H2,1-3H3/t21-,23-,24+,25-,26+/m1/s1. The van der Waals surface area contributed by atoms with Gasteiger partial charge in [0.25, 0.3) is 0 Å². The van der Waals surface area contributed by atoms with Gasteiger partial charge >= 0.3 is 0 Å². The number of nitrogens with zero attached hydrogens (tertiary/aromatic N) is 1. The van der Waals surface area contributed by atoms with E-state index in [9.17, 15) is 15.3 Å². The summed E-state index contributed by atoms with van der Waals surface area (Å²) in [6.45, 7) is 3.94. The van der Waals surface area contributed by atoms with Gasteiger partial charge in [-0.3, -0.25) is 4.98 Å². The summed E-state index contributed by atoms with van der Waals surface area (Å²) in [5, 5.41) is 31.1. The van der Waals surface area contributed by atoms with Crippen molar-refractivity contribution in [2.75, 3.05) is 13.7 Å². The fourth-order valence-electron chi connectivity index (χ4n) is 4.31. The first-order valence-corrected chi connectivity index (χ1v) is 11.3. The van der Waals surface area contributed by atoms with E-state index in [4.69, 9.17) is 14.2 Å². The number of ether oxygens (including phenoxy) is 3. The normalized spacial score (nSPS) is 25.3. The molecule has 7 heteroatoms. The van der Waals surface area contributed by atoms with Crippen molar-refractivity contribution in [1.29, 1.82) is 0 Å². The molecule has 3 N–H and O–H groups in total. The van der Waals surface area contributed by atoms with Gasteiger partial charge in [0, 0.05) is 13.3 Å². The van der Waals surface area contributed by atoms with E-state index in [0.717, 1.165) is 22.3 Å². The molecule has 0 radical (unpaired) electrons. The predicted molar refractivity (Wildman–Crippen MR) is 126 cm³/mol. The lowest BCUT2D eigenvalue weighted by molar-refractivity contribution is -0.299. The quantitative estimate of drug-likeness (QED) is 0.493. The Bertz CT molecular complexity index is 1010. The number of rotatable bonds is 7. The molecule has 2 aromatic carbocycles. The number of pyridine rings is 1. The van der Waals surface area contributed by atoms with E-state index in [0.29, 0.717) is 5.69 Å². The number of hydrogen-bond acceptors (Lipinski definition) is 7. The van der Waals surface area contributed by atoms with Crippen LogP contribution in [0, 0.1) is 13.8 Å². The van der Waals surface area contributed by atoms with Gasteiger partial charge in [0.1, 0.15) is 24.4 Å². The van der Waals surface area contributed by atoms with Crippen LogP contribution in [-0.4, -0.2) is 64.7 Å². The van der Waals surface area contributed by atoms with Crippen LogP contribution in [-0.2, 0) is 19.8 Å². The number of benzene rings is 2. The summed E-state index contributed by atoms with van der Waals surface area (Å²) in [5.41, 5.74) is 3.47. The molecule has 7 nitrogen and oxygen atoms in total. The van der Waals surface area contributed by atoms with Gasteiger partial charge in [0.2, 0.25) is 0 Å². The second-order valence-corrected chi connectivity index (χ2v) is 8.69. The zero-order valence-electron chi connectivity index (χ0n) is 19.5. The number of aliphatic hydroxyl groups is 3. The zero-order valence-corrected chi connectivity index (χ0v) is 19.5. The summed E-state index contributed by atoms with van der Waals surface area (Å²) in [7, 11) is 1.37. The van der Waals surface area contributed by atoms with Crippen molar-refractivity contribution in [1.82, 2.24) is 4.98 Å². The third-order valence-corrected chi connectivity index (χ3v) is 6.31. The Hall–Kier alpha value is -2.65. The molecule has 0 aliphatic carbocycles. The van der Waals surface area contributed by atoms with E-state index in [2.05, 4.69) is 4.98 Å². The molecule has 2 heterocycles. The minimum absolute atomic E-state index is 0.0941. The summed E-state index contributed by atoms with van der Waals surface area (Å²) >= 11 is 0. The van der Waals surface area contributed by atoms with Crippen LogP contribution in [0.15, 0.2) is 72.9 Å². The number of aromatic nitrogens is 1. The molecule has 0 saturated carbocycles. The van der Waals surface area contributed by atoms with E-state index in [1.165, 1.54) is 7.11 Å². The highest BCUT2D eigenvalue weighted by Gasteiger charge is 2.46. The van der Waals surface area contributed by atoms with Crippen molar-refractivity contribution in [2.45, 2.75) is 50.2 Å². The summed E-state index contributed by atoms with van der Waals surface area (Å²) in [6, 6.07) is 21.7. The summed E-state index contributed by atoms with van der Waals surface area (Å²) in [5.74, 6) is 0. The van der Waals surface area contributed by atoms with Crippen LogP contribution >= 0.6 is 0 Å². The fraction of sp³-hybridized carbons (Fsp3) is 0.370. The van der Waals surface area contributed by atoms with Crippen molar-refractivity contribution in [3.05, 3.63) is 101 Å². The van der Waals surface area contributed by atoms with Gasteiger partial charge in [-0.1, -0.05) is 65.7 Å². The maximum atomic E-state index is 10.6. The Labute approximate surface area is 199 Å². The van der Waals surface area contributed by atoms with Gasteiger partial charge in [-0.2, -0.15) is 0 Å². The van der Waals surface area contributed by atoms with Crippen LogP contribution < -0.4 is 0 Å². The van der Waals surface area contributed by atoms with Crippen molar-refractivity contribution >= 4 is 0 Å². The molecule has 1 saturated heterocycles. The Morgan fingerprint density at radius 1 is 0.824 bits per heavy atom. The van der Waals surface area contributed by atoms with E-state index >= 15 is 0 Å². The summed E-state index contributed by atoms with van der Waals surface area (Å²) in [4.78, 5) is 4.65. The van der Waals surface area contributed by atoms with Crippen LogP contribution in [0.5, 0.6) is 0 Å². The molecule has 5 atom stereocenters. The molecule has 1 aromatic heterocycles. The molecule has 34 heavy (non-hydrogen) atoms. The lowest BCUT2D eigenvalue weighted by Crippen LogP contribution is -2.59. The van der Waals surface area contributed by atoms with Crippen molar-refractivity contribution in [3.63, 3.8) is 0 Å². The Balaban J connectivity index is 1.80. The lowest BCUT2D eigenvalue weighted by atomic mass is 9.82. The predicted octanol–water partition coefficient (Wildman–Crippen LogP) is 2.46. The van der Waals surface area contributed by atoms with E-state index in [-0.39, 0.29) is 6.61 Å². The second-order valence-electron chi connectivity index (χ2n) is 8.69. The molecule has 4 rings (SSSR count). The number of methoxy groups -OCH3 is 1. The monoisotopic (exact) mass is 465 g/mol. The van der Waals surface area contributed by atoms with Gasteiger partial charge in [0.15, 0.2) is 11.9 Å². The molecular weight excluding hydrogens is 434 g/mol. The molecular formula is C27H31NO6. The Kier molecular flexibility index (Phi) is 7.42. The first-order chi connectivity index (χ1) is 16.4. The summed E-state index contributed by atoms with van der Waals surface area (Å²) < 4.78 is 17.6.